The monoisotopic (exact) mass is 210 g/mol. The molecular formula is C11H18N2O2. The van der Waals surface area contributed by atoms with E-state index in [1.807, 2.05) is 0 Å². The molecule has 0 saturated heterocycles. The van der Waals surface area contributed by atoms with Gasteiger partial charge in [0, 0.05) is 13.2 Å². The SMILES string of the molecule is c1ncc(CNCCCOCC2CC2)o1. The molecule has 0 aliphatic heterocycles. The third-order valence-corrected chi connectivity index (χ3v) is 2.48. The van der Waals surface area contributed by atoms with Crippen molar-refractivity contribution in [3.63, 3.8) is 0 Å². The normalized spacial score (nSPS) is 15.7. The van der Waals surface area contributed by atoms with Crippen LogP contribution in [-0.4, -0.2) is 24.7 Å². The molecule has 1 aliphatic rings. The Bertz CT molecular complexity index is 258. The zero-order valence-corrected chi connectivity index (χ0v) is 8.95. The molecule has 0 bridgehead atoms. The molecule has 0 atom stereocenters. The smallest absolute Gasteiger partial charge is 0.180 e. The number of nitrogens with zero attached hydrogens (tertiary/aromatic N) is 1. The highest BCUT2D eigenvalue weighted by atomic mass is 16.5. The van der Waals surface area contributed by atoms with E-state index in [9.17, 15) is 0 Å². The van der Waals surface area contributed by atoms with E-state index in [-0.39, 0.29) is 0 Å². The second-order valence-corrected chi connectivity index (χ2v) is 4.02. The van der Waals surface area contributed by atoms with Crippen LogP contribution in [-0.2, 0) is 11.3 Å². The summed E-state index contributed by atoms with van der Waals surface area (Å²) in [6, 6.07) is 0. The predicted molar refractivity (Wildman–Crippen MR) is 56.4 cm³/mol. The molecule has 0 radical (unpaired) electrons. The Morgan fingerprint density at radius 1 is 1.53 bits per heavy atom. The molecule has 1 aromatic heterocycles. The number of hydrogen-bond donors (Lipinski definition) is 1. The van der Waals surface area contributed by atoms with E-state index >= 15 is 0 Å². The Labute approximate surface area is 90.0 Å². The van der Waals surface area contributed by atoms with E-state index in [0.717, 1.165) is 44.4 Å². The van der Waals surface area contributed by atoms with E-state index in [0.29, 0.717) is 0 Å². The molecule has 0 aromatic carbocycles. The Kier molecular flexibility index (Phi) is 4.17. The van der Waals surface area contributed by atoms with Gasteiger partial charge in [-0.1, -0.05) is 0 Å². The lowest BCUT2D eigenvalue weighted by atomic mass is 10.4. The fraction of sp³-hybridized carbons (Fsp3) is 0.727. The van der Waals surface area contributed by atoms with Gasteiger partial charge in [0.2, 0.25) is 0 Å². The number of ether oxygens (including phenoxy) is 1. The molecular weight excluding hydrogens is 192 g/mol. The lowest BCUT2D eigenvalue weighted by molar-refractivity contribution is 0.122. The van der Waals surface area contributed by atoms with Gasteiger partial charge in [-0.2, -0.15) is 0 Å². The van der Waals surface area contributed by atoms with Crippen molar-refractivity contribution < 1.29 is 9.15 Å². The minimum absolute atomic E-state index is 0.753. The average Bonchev–Trinajstić information content (AvgIpc) is 2.92. The molecule has 4 nitrogen and oxygen atoms in total. The van der Waals surface area contributed by atoms with Crippen LogP contribution in [0.5, 0.6) is 0 Å². The molecule has 1 heterocycles. The Morgan fingerprint density at radius 2 is 2.47 bits per heavy atom. The van der Waals surface area contributed by atoms with Crippen LogP contribution < -0.4 is 5.32 Å². The molecule has 1 saturated carbocycles. The van der Waals surface area contributed by atoms with Crippen LogP contribution in [0.3, 0.4) is 0 Å². The number of oxazole rings is 1. The molecule has 1 fully saturated rings. The maximum atomic E-state index is 5.52. The van der Waals surface area contributed by atoms with Gasteiger partial charge in [0.15, 0.2) is 6.39 Å². The van der Waals surface area contributed by atoms with Crippen LogP contribution in [0.4, 0.5) is 0 Å². The van der Waals surface area contributed by atoms with Gasteiger partial charge in [-0.3, -0.25) is 0 Å². The molecule has 15 heavy (non-hydrogen) atoms. The summed E-state index contributed by atoms with van der Waals surface area (Å²) in [5, 5.41) is 3.28. The second-order valence-electron chi connectivity index (χ2n) is 4.02. The molecule has 84 valence electrons. The number of hydrogen-bond acceptors (Lipinski definition) is 4. The standard InChI is InChI=1S/C11H18N2O2/c1(5-14-8-10-2-3-10)4-12-6-11-7-13-9-15-11/h7,9-10,12H,1-6,8H2. The molecule has 0 spiro atoms. The minimum Gasteiger partial charge on any atom is -0.447 e. The lowest BCUT2D eigenvalue weighted by Crippen LogP contribution is -2.16. The van der Waals surface area contributed by atoms with E-state index in [4.69, 9.17) is 9.15 Å². The summed E-state index contributed by atoms with van der Waals surface area (Å²) in [4.78, 5) is 3.85. The second kappa shape index (κ2) is 5.88. The quantitative estimate of drug-likeness (QED) is 0.662. The van der Waals surface area contributed by atoms with Crippen LogP contribution in [0.1, 0.15) is 25.0 Å². The van der Waals surface area contributed by atoms with Crippen molar-refractivity contribution in [3.05, 3.63) is 18.4 Å². The maximum absolute atomic E-state index is 5.52. The molecule has 0 unspecified atom stereocenters. The van der Waals surface area contributed by atoms with Crippen molar-refractivity contribution in [2.24, 2.45) is 5.92 Å². The summed E-state index contributed by atoms with van der Waals surface area (Å²) in [7, 11) is 0. The fourth-order valence-electron chi connectivity index (χ4n) is 1.37. The summed E-state index contributed by atoms with van der Waals surface area (Å²) >= 11 is 0. The molecule has 4 heteroatoms. The van der Waals surface area contributed by atoms with Crippen LogP contribution in [0.2, 0.25) is 0 Å². The average molecular weight is 210 g/mol. The highest BCUT2D eigenvalue weighted by Gasteiger charge is 2.20. The van der Waals surface area contributed by atoms with Crippen molar-refractivity contribution in [2.75, 3.05) is 19.8 Å². The van der Waals surface area contributed by atoms with Gasteiger partial charge in [0.1, 0.15) is 5.76 Å². The van der Waals surface area contributed by atoms with Gasteiger partial charge in [-0.05, 0) is 31.7 Å². The Balaban J connectivity index is 1.38. The molecule has 1 aliphatic carbocycles. The molecule has 2 rings (SSSR count). The number of aromatic nitrogens is 1. The first-order valence-electron chi connectivity index (χ1n) is 5.61. The van der Waals surface area contributed by atoms with Crippen molar-refractivity contribution >= 4 is 0 Å². The molecule has 1 N–H and O–H groups in total. The van der Waals surface area contributed by atoms with E-state index in [1.165, 1.54) is 19.2 Å². The third kappa shape index (κ3) is 4.44. The van der Waals surface area contributed by atoms with Gasteiger partial charge in [0.25, 0.3) is 0 Å². The summed E-state index contributed by atoms with van der Waals surface area (Å²) in [5.74, 6) is 1.75. The van der Waals surface area contributed by atoms with E-state index in [2.05, 4.69) is 10.3 Å². The summed E-state index contributed by atoms with van der Waals surface area (Å²) in [6.45, 7) is 3.54. The van der Waals surface area contributed by atoms with Crippen LogP contribution in [0.15, 0.2) is 17.0 Å². The maximum Gasteiger partial charge on any atom is 0.180 e. The summed E-state index contributed by atoms with van der Waals surface area (Å²) in [5.41, 5.74) is 0. The van der Waals surface area contributed by atoms with Crippen molar-refractivity contribution in [2.45, 2.75) is 25.8 Å². The Morgan fingerprint density at radius 3 is 3.20 bits per heavy atom. The van der Waals surface area contributed by atoms with E-state index < -0.39 is 0 Å². The lowest BCUT2D eigenvalue weighted by Gasteiger charge is -2.03. The van der Waals surface area contributed by atoms with Gasteiger partial charge in [-0.15, -0.1) is 0 Å². The Hall–Kier alpha value is -0.870. The predicted octanol–water partition coefficient (Wildman–Crippen LogP) is 1.58. The van der Waals surface area contributed by atoms with E-state index in [1.54, 1.807) is 6.20 Å². The number of nitrogens with one attached hydrogen (secondary N) is 1. The molecule has 0 amide bonds. The van der Waals surface area contributed by atoms with Gasteiger partial charge >= 0.3 is 0 Å². The summed E-state index contributed by atoms with van der Waals surface area (Å²) in [6.07, 6.45) is 6.97. The fourth-order valence-corrected chi connectivity index (χ4v) is 1.37. The summed E-state index contributed by atoms with van der Waals surface area (Å²) < 4.78 is 10.6. The molecule has 1 aromatic rings. The highest BCUT2D eigenvalue weighted by molar-refractivity contribution is 4.86. The van der Waals surface area contributed by atoms with Crippen molar-refractivity contribution in [1.29, 1.82) is 0 Å². The zero-order chi connectivity index (χ0) is 10.3. The largest absolute Gasteiger partial charge is 0.447 e. The van der Waals surface area contributed by atoms with Crippen molar-refractivity contribution in [1.82, 2.24) is 10.3 Å². The minimum atomic E-state index is 0.753. The first-order valence-corrected chi connectivity index (χ1v) is 5.61. The van der Waals surface area contributed by atoms with Gasteiger partial charge < -0.3 is 14.5 Å². The van der Waals surface area contributed by atoms with Crippen LogP contribution in [0, 0.1) is 5.92 Å². The zero-order valence-electron chi connectivity index (χ0n) is 8.95. The van der Waals surface area contributed by atoms with Gasteiger partial charge in [0.05, 0.1) is 12.7 Å². The first-order chi connectivity index (χ1) is 7.45. The van der Waals surface area contributed by atoms with Crippen molar-refractivity contribution in [3.8, 4) is 0 Å². The number of rotatable bonds is 8. The third-order valence-electron chi connectivity index (χ3n) is 2.48. The van der Waals surface area contributed by atoms with Crippen LogP contribution in [0.25, 0.3) is 0 Å². The highest BCUT2D eigenvalue weighted by Crippen LogP contribution is 2.28. The van der Waals surface area contributed by atoms with Gasteiger partial charge in [-0.25, -0.2) is 4.98 Å². The van der Waals surface area contributed by atoms with Crippen LogP contribution >= 0.6 is 0 Å². The first kappa shape index (κ1) is 10.6. The topological polar surface area (TPSA) is 47.3 Å².